The number of ether oxygens (including phenoxy) is 1. The van der Waals surface area contributed by atoms with Crippen LogP contribution in [0.25, 0.3) is 0 Å². The van der Waals surface area contributed by atoms with Crippen LogP contribution in [0.2, 0.25) is 0 Å². The van der Waals surface area contributed by atoms with Crippen molar-refractivity contribution in [2.75, 3.05) is 6.61 Å². The standard InChI is InChI=1S/C7H6N2O2S/c10-7(5-2-1-3-11-5)6-4-8-9-12-6/h2,4H,1,3H2. The highest BCUT2D eigenvalue weighted by atomic mass is 32.1. The van der Waals surface area contributed by atoms with Crippen molar-refractivity contribution in [2.45, 2.75) is 6.42 Å². The van der Waals surface area contributed by atoms with Crippen molar-refractivity contribution < 1.29 is 9.53 Å². The number of hydrogen-bond acceptors (Lipinski definition) is 5. The summed E-state index contributed by atoms with van der Waals surface area (Å²) in [5, 5.41) is 3.58. The molecule has 0 saturated carbocycles. The summed E-state index contributed by atoms with van der Waals surface area (Å²) in [7, 11) is 0. The third-order valence-electron chi connectivity index (χ3n) is 1.51. The highest BCUT2D eigenvalue weighted by molar-refractivity contribution is 7.08. The van der Waals surface area contributed by atoms with Crippen LogP contribution in [0, 0.1) is 0 Å². The second-order valence-electron chi connectivity index (χ2n) is 2.32. The molecule has 1 aliphatic heterocycles. The van der Waals surface area contributed by atoms with Gasteiger partial charge in [0.1, 0.15) is 4.88 Å². The zero-order valence-electron chi connectivity index (χ0n) is 6.19. The number of hydrogen-bond donors (Lipinski definition) is 0. The minimum absolute atomic E-state index is 0.109. The van der Waals surface area contributed by atoms with Crippen LogP contribution in [0.15, 0.2) is 18.0 Å². The van der Waals surface area contributed by atoms with Crippen molar-refractivity contribution in [3.63, 3.8) is 0 Å². The van der Waals surface area contributed by atoms with Gasteiger partial charge in [-0.05, 0) is 17.6 Å². The topological polar surface area (TPSA) is 52.1 Å². The Morgan fingerprint density at radius 2 is 2.58 bits per heavy atom. The first-order valence-electron chi connectivity index (χ1n) is 3.53. The minimum atomic E-state index is -0.109. The van der Waals surface area contributed by atoms with Crippen molar-refractivity contribution in [1.82, 2.24) is 9.59 Å². The Morgan fingerprint density at radius 3 is 3.17 bits per heavy atom. The lowest BCUT2D eigenvalue weighted by atomic mass is 10.3. The number of Topliss-reactive ketones (excluding diaryl/α,β-unsaturated/α-hetero) is 1. The lowest BCUT2D eigenvalue weighted by molar-refractivity contribution is 0.0946. The van der Waals surface area contributed by atoms with E-state index in [0.717, 1.165) is 18.0 Å². The Hall–Kier alpha value is -1.23. The quantitative estimate of drug-likeness (QED) is 0.641. The molecule has 4 nitrogen and oxygen atoms in total. The molecule has 62 valence electrons. The lowest BCUT2D eigenvalue weighted by Crippen LogP contribution is -2.01. The summed E-state index contributed by atoms with van der Waals surface area (Å²) in [5.41, 5.74) is 0. The number of nitrogens with zero attached hydrogens (tertiary/aromatic N) is 2. The summed E-state index contributed by atoms with van der Waals surface area (Å²) in [5.74, 6) is 0.323. The highest BCUT2D eigenvalue weighted by Crippen LogP contribution is 2.16. The average molecular weight is 182 g/mol. The Bertz CT molecular complexity index is 318. The van der Waals surface area contributed by atoms with Gasteiger partial charge in [-0.1, -0.05) is 4.49 Å². The molecule has 1 aliphatic rings. The molecule has 0 aromatic carbocycles. The first-order chi connectivity index (χ1) is 5.88. The molecular weight excluding hydrogens is 176 g/mol. The molecule has 0 saturated heterocycles. The molecule has 0 spiro atoms. The molecule has 0 aliphatic carbocycles. The molecule has 0 fully saturated rings. The maximum atomic E-state index is 11.4. The van der Waals surface area contributed by atoms with E-state index in [1.165, 1.54) is 6.20 Å². The number of ketones is 1. The van der Waals surface area contributed by atoms with Gasteiger partial charge in [-0.25, -0.2) is 0 Å². The molecule has 5 heteroatoms. The molecule has 0 amide bonds. The van der Waals surface area contributed by atoms with Gasteiger partial charge in [0.25, 0.3) is 0 Å². The normalized spacial score (nSPS) is 15.5. The molecule has 0 bridgehead atoms. The van der Waals surface area contributed by atoms with Crippen LogP contribution in [0.1, 0.15) is 16.1 Å². The second-order valence-corrected chi connectivity index (χ2v) is 3.10. The van der Waals surface area contributed by atoms with Crippen LogP contribution in [0.4, 0.5) is 0 Å². The smallest absolute Gasteiger partial charge is 0.240 e. The van der Waals surface area contributed by atoms with E-state index in [2.05, 4.69) is 9.59 Å². The zero-order valence-corrected chi connectivity index (χ0v) is 7.00. The fourth-order valence-corrected chi connectivity index (χ4v) is 1.42. The molecule has 1 aromatic rings. The van der Waals surface area contributed by atoms with Gasteiger partial charge in [0.05, 0.1) is 12.8 Å². The van der Waals surface area contributed by atoms with Gasteiger partial charge in [-0.15, -0.1) is 5.10 Å². The van der Waals surface area contributed by atoms with Gasteiger partial charge in [-0.2, -0.15) is 0 Å². The third kappa shape index (κ3) is 1.23. The Balaban J connectivity index is 2.20. The number of allylic oxidation sites excluding steroid dienone is 1. The fourth-order valence-electron chi connectivity index (χ4n) is 0.965. The summed E-state index contributed by atoms with van der Waals surface area (Å²) in [6.07, 6.45) is 4.06. The number of aromatic nitrogens is 2. The molecule has 0 unspecified atom stereocenters. The summed E-state index contributed by atoms with van der Waals surface area (Å²) >= 11 is 1.09. The van der Waals surface area contributed by atoms with Gasteiger partial charge in [0, 0.05) is 6.42 Å². The molecule has 0 radical (unpaired) electrons. The van der Waals surface area contributed by atoms with E-state index >= 15 is 0 Å². The number of rotatable bonds is 2. The first-order valence-corrected chi connectivity index (χ1v) is 4.30. The molecule has 2 rings (SSSR count). The zero-order chi connectivity index (χ0) is 8.39. The van der Waals surface area contributed by atoms with Gasteiger partial charge in [-0.3, -0.25) is 4.79 Å². The van der Waals surface area contributed by atoms with Crippen molar-refractivity contribution >= 4 is 17.3 Å². The van der Waals surface area contributed by atoms with Crippen LogP contribution < -0.4 is 0 Å². The maximum absolute atomic E-state index is 11.4. The van der Waals surface area contributed by atoms with Crippen LogP contribution in [0.3, 0.4) is 0 Å². The Morgan fingerprint density at radius 1 is 1.67 bits per heavy atom. The summed E-state index contributed by atoms with van der Waals surface area (Å²) in [4.78, 5) is 12.0. The summed E-state index contributed by atoms with van der Waals surface area (Å²) in [6.45, 7) is 0.604. The van der Waals surface area contributed by atoms with E-state index < -0.39 is 0 Å². The van der Waals surface area contributed by atoms with E-state index in [1.807, 2.05) is 0 Å². The van der Waals surface area contributed by atoms with Gasteiger partial charge in [0.2, 0.25) is 5.78 Å². The van der Waals surface area contributed by atoms with Crippen molar-refractivity contribution in [3.8, 4) is 0 Å². The molecule has 12 heavy (non-hydrogen) atoms. The van der Waals surface area contributed by atoms with Gasteiger partial charge >= 0.3 is 0 Å². The lowest BCUT2D eigenvalue weighted by Gasteiger charge is -1.97. The third-order valence-corrected chi connectivity index (χ3v) is 2.18. The van der Waals surface area contributed by atoms with E-state index in [1.54, 1.807) is 6.08 Å². The Labute approximate surface area is 73.0 Å². The van der Waals surface area contributed by atoms with Crippen LogP contribution in [-0.4, -0.2) is 22.0 Å². The molecule has 2 heterocycles. The van der Waals surface area contributed by atoms with Crippen molar-refractivity contribution in [1.29, 1.82) is 0 Å². The predicted octanol–water partition coefficient (Wildman–Crippen LogP) is 1.02. The van der Waals surface area contributed by atoms with Crippen molar-refractivity contribution in [2.24, 2.45) is 0 Å². The van der Waals surface area contributed by atoms with E-state index in [9.17, 15) is 4.79 Å². The summed E-state index contributed by atoms with van der Waals surface area (Å²) < 4.78 is 8.70. The van der Waals surface area contributed by atoms with E-state index in [4.69, 9.17) is 4.74 Å². The second kappa shape index (κ2) is 3.02. The molecular formula is C7H6N2O2S. The molecule has 0 N–H and O–H groups in total. The minimum Gasteiger partial charge on any atom is -0.489 e. The van der Waals surface area contributed by atoms with Gasteiger partial charge < -0.3 is 4.74 Å². The van der Waals surface area contributed by atoms with Crippen LogP contribution >= 0.6 is 11.5 Å². The van der Waals surface area contributed by atoms with E-state index in [-0.39, 0.29) is 5.78 Å². The van der Waals surface area contributed by atoms with Crippen LogP contribution in [-0.2, 0) is 4.74 Å². The average Bonchev–Trinajstić information content (AvgIpc) is 2.77. The number of carbonyl (C=O) groups is 1. The highest BCUT2D eigenvalue weighted by Gasteiger charge is 2.18. The predicted molar refractivity (Wildman–Crippen MR) is 42.9 cm³/mol. The fraction of sp³-hybridized carbons (Fsp3) is 0.286. The van der Waals surface area contributed by atoms with Crippen molar-refractivity contribution in [3.05, 3.63) is 22.9 Å². The Kier molecular flexibility index (Phi) is 1.87. The maximum Gasteiger partial charge on any atom is 0.240 e. The monoisotopic (exact) mass is 182 g/mol. The number of carbonyl (C=O) groups excluding carboxylic acids is 1. The summed E-state index contributed by atoms with van der Waals surface area (Å²) in [6, 6.07) is 0. The molecule has 1 aromatic heterocycles. The SMILES string of the molecule is O=C(C1=CCCO1)c1cnns1. The van der Waals surface area contributed by atoms with Gasteiger partial charge in [0.15, 0.2) is 5.76 Å². The first kappa shape index (κ1) is 7.42. The largest absolute Gasteiger partial charge is 0.489 e. The van der Waals surface area contributed by atoms with E-state index in [0.29, 0.717) is 17.2 Å². The molecule has 0 atom stereocenters. The van der Waals surface area contributed by atoms with Crippen LogP contribution in [0.5, 0.6) is 0 Å².